The average molecular weight is 431 g/mol. The van der Waals surface area contributed by atoms with E-state index in [1.54, 1.807) is 23.5 Å². The van der Waals surface area contributed by atoms with Crippen LogP contribution in [0, 0.1) is 11.7 Å². The number of hydrogen-bond acceptors (Lipinski definition) is 5. The van der Waals surface area contributed by atoms with Crippen LogP contribution in [-0.2, 0) is 29.0 Å². The number of nitrogens with one attached hydrogen (secondary N) is 1. The van der Waals surface area contributed by atoms with Crippen molar-refractivity contribution in [3.8, 4) is 0 Å². The Morgan fingerprint density at radius 2 is 1.93 bits per heavy atom. The molecule has 160 valence electrons. The molecule has 0 saturated carbocycles. The molecule has 1 aliphatic heterocycles. The molecular formula is C22H27FN4O2S. The van der Waals surface area contributed by atoms with E-state index in [4.69, 9.17) is 4.98 Å². The summed E-state index contributed by atoms with van der Waals surface area (Å²) in [5, 5.41) is 4.00. The zero-order valence-electron chi connectivity index (χ0n) is 17.2. The molecule has 2 aromatic rings. The van der Waals surface area contributed by atoms with Crippen LogP contribution in [0.3, 0.4) is 0 Å². The highest BCUT2D eigenvalue weighted by atomic mass is 32.1. The number of piperazine rings is 1. The normalized spacial score (nSPS) is 18.8. The Kier molecular flexibility index (Phi) is 6.32. The zero-order valence-corrected chi connectivity index (χ0v) is 18.0. The Labute approximate surface area is 180 Å². The van der Waals surface area contributed by atoms with E-state index in [0.29, 0.717) is 13.0 Å². The first-order chi connectivity index (χ1) is 14.5. The third-order valence-corrected chi connectivity index (χ3v) is 7.07. The van der Waals surface area contributed by atoms with Crippen LogP contribution >= 0.6 is 11.3 Å². The van der Waals surface area contributed by atoms with Crippen LogP contribution in [0.25, 0.3) is 0 Å². The molecule has 0 bridgehead atoms. The summed E-state index contributed by atoms with van der Waals surface area (Å²) in [6, 6.07) is 6.20. The van der Waals surface area contributed by atoms with Crippen molar-refractivity contribution in [1.29, 1.82) is 0 Å². The number of benzene rings is 1. The summed E-state index contributed by atoms with van der Waals surface area (Å²) >= 11 is 1.68. The summed E-state index contributed by atoms with van der Waals surface area (Å²) in [6.07, 6.45) is 2.88. The number of amides is 2. The van der Waals surface area contributed by atoms with Crippen molar-refractivity contribution >= 4 is 28.3 Å². The fraction of sp³-hybridized carbons (Fsp3) is 0.500. The quantitative estimate of drug-likeness (QED) is 0.792. The van der Waals surface area contributed by atoms with Crippen molar-refractivity contribution in [3.05, 3.63) is 46.2 Å². The van der Waals surface area contributed by atoms with E-state index in [1.165, 1.54) is 17.0 Å². The van der Waals surface area contributed by atoms with Crippen LogP contribution in [0.5, 0.6) is 0 Å². The number of hydrogen-bond donors (Lipinski definition) is 1. The lowest BCUT2D eigenvalue weighted by atomic mass is 9.90. The van der Waals surface area contributed by atoms with Gasteiger partial charge in [0.1, 0.15) is 5.82 Å². The molecule has 0 spiro atoms. The van der Waals surface area contributed by atoms with Gasteiger partial charge in [-0.15, -0.1) is 11.3 Å². The lowest BCUT2D eigenvalue weighted by Crippen LogP contribution is -2.48. The van der Waals surface area contributed by atoms with E-state index in [-0.39, 0.29) is 23.5 Å². The Balaban J connectivity index is 1.32. The average Bonchev–Trinajstić information content (AvgIpc) is 3.21. The number of aryl methyl sites for hydroxylation is 1. The van der Waals surface area contributed by atoms with Gasteiger partial charge in [-0.25, -0.2) is 9.37 Å². The fourth-order valence-corrected chi connectivity index (χ4v) is 5.26. The Bertz CT molecular complexity index is 906. The third kappa shape index (κ3) is 4.64. The van der Waals surface area contributed by atoms with Gasteiger partial charge in [0.25, 0.3) is 0 Å². The predicted octanol–water partition coefficient (Wildman–Crippen LogP) is 2.76. The fourth-order valence-electron chi connectivity index (χ4n) is 4.03. The maximum atomic E-state index is 13.0. The molecule has 2 aliphatic rings. The lowest BCUT2D eigenvalue weighted by Gasteiger charge is -2.34. The van der Waals surface area contributed by atoms with Crippen molar-refractivity contribution in [2.75, 3.05) is 31.1 Å². The van der Waals surface area contributed by atoms with E-state index in [9.17, 15) is 14.0 Å². The van der Waals surface area contributed by atoms with Crippen LogP contribution in [-0.4, -0.2) is 47.9 Å². The lowest BCUT2D eigenvalue weighted by molar-refractivity contribution is -0.131. The molecule has 30 heavy (non-hydrogen) atoms. The van der Waals surface area contributed by atoms with Crippen molar-refractivity contribution in [2.45, 2.75) is 39.2 Å². The maximum absolute atomic E-state index is 13.0. The number of carbonyl (C=O) groups excluding carboxylic acids is 2. The van der Waals surface area contributed by atoms with Crippen molar-refractivity contribution in [3.63, 3.8) is 0 Å². The van der Waals surface area contributed by atoms with Crippen LogP contribution in [0.1, 0.15) is 35.9 Å². The smallest absolute Gasteiger partial charge is 0.223 e. The molecule has 8 heteroatoms. The van der Waals surface area contributed by atoms with Crippen molar-refractivity contribution in [2.24, 2.45) is 5.92 Å². The first-order valence-electron chi connectivity index (χ1n) is 10.6. The van der Waals surface area contributed by atoms with Crippen molar-refractivity contribution in [1.82, 2.24) is 15.2 Å². The van der Waals surface area contributed by atoms with Gasteiger partial charge in [-0.2, -0.15) is 0 Å². The van der Waals surface area contributed by atoms with E-state index in [2.05, 4.69) is 10.2 Å². The molecule has 1 aromatic carbocycles. The van der Waals surface area contributed by atoms with Gasteiger partial charge < -0.3 is 15.1 Å². The monoisotopic (exact) mass is 430 g/mol. The van der Waals surface area contributed by atoms with Crippen LogP contribution in [0.2, 0.25) is 0 Å². The molecule has 2 heterocycles. The molecular weight excluding hydrogens is 403 g/mol. The summed E-state index contributed by atoms with van der Waals surface area (Å²) in [5.41, 5.74) is 2.01. The molecule has 6 nitrogen and oxygen atoms in total. The summed E-state index contributed by atoms with van der Waals surface area (Å²) in [7, 11) is 0. The number of rotatable bonds is 5. The van der Waals surface area contributed by atoms with Gasteiger partial charge in [0, 0.05) is 49.9 Å². The molecule has 1 atom stereocenters. The highest BCUT2D eigenvalue weighted by Gasteiger charge is 2.29. The first kappa shape index (κ1) is 20.8. The van der Waals surface area contributed by atoms with Gasteiger partial charge in [0.05, 0.1) is 5.69 Å². The number of thiazole rings is 1. The molecule has 1 aromatic heterocycles. The Morgan fingerprint density at radius 1 is 1.20 bits per heavy atom. The molecule has 1 aliphatic carbocycles. The molecule has 4 rings (SSSR count). The minimum atomic E-state index is -0.274. The molecule has 1 unspecified atom stereocenters. The predicted molar refractivity (Wildman–Crippen MR) is 115 cm³/mol. The topological polar surface area (TPSA) is 65.5 Å². The van der Waals surface area contributed by atoms with Gasteiger partial charge in [0.2, 0.25) is 11.8 Å². The van der Waals surface area contributed by atoms with Gasteiger partial charge in [-0.05, 0) is 37.0 Å². The number of aromatic nitrogens is 1. The number of anilines is 1. The molecule has 1 saturated heterocycles. The van der Waals surface area contributed by atoms with Crippen LogP contribution in [0.15, 0.2) is 24.3 Å². The van der Waals surface area contributed by atoms with Crippen molar-refractivity contribution < 1.29 is 14.0 Å². The van der Waals surface area contributed by atoms with Gasteiger partial charge in [0.15, 0.2) is 5.13 Å². The second-order valence-corrected chi connectivity index (χ2v) is 8.93. The SMILES string of the molecule is CCC(=O)N1CCN(c2nc3c(s2)CC(C(=O)NCc2ccc(F)cc2)CC3)CC1. The van der Waals surface area contributed by atoms with Gasteiger partial charge in [-0.1, -0.05) is 19.1 Å². The Morgan fingerprint density at radius 3 is 2.63 bits per heavy atom. The molecule has 2 amide bonds. The largest absolute Gasteiger partial charge is 0.352 e. The highest BCUT2D eigenvalue weighted by molar-refractivity contribution is 7.15. The minimum absolute atomic E-state index is 0.0478. The number of halogens is 1. The third-order valence-electron chi connectivity index (χ3n) is 5.88. The second-order valence-electron chi connectivity index (χ2n) is 7.87. The van der Waals surface area contributed by atoms with E-state index in [1.807, 2.05) is 11.8 Å². The van der Waals surface area contributed by atoms with E-state index in [0.717, 1.165) is 61.8 Å². The number of nitrogens with zero attached hydrogens (tertiary/aromatic N) is 3. The molecule has 1 N–H and O–H groups in total. The number of fused-ring (bicyclic) bond motifs is 1. The summed E-state index contributed by atoms with van der Waals surface area (Å²) in [6.45, 7) is 5.41. The summed E-state index contributed by atoms with van der Waals surface area (Å²) in [5.74, 6) is -0.0660. The second kappa shape index (κ2) is 9.12. The standard InChI is InChI=1S/C22H27FN4O2S/c1-2-20(28)26-9-11-27(12-10-26)22-25-18-8-5-16(13-19(18)30-22)21(29)24-14-15-3-6-17(23)7-4-15/h3-4,6-7,16H,2,5,8-14H2,1H3,(H,24,29). The van der Waals surface area contributed by atoms with E-state index < -0.39 is 0 Å². The summed E-state index contributed by atoms with van der Waals surface area (Å²) in [4.78, 5) is 34.7. The zero-order chi connectivity index (χ0) is 21.1. The number of carbonyl (C=O) groups is 2. The Hall–Kier alpha value is -2.48. The van der Waals surface area contributed by atoms with Crippen LogP contribution < -0.4 is 10.2 Å². The van der Waals surface area contributed by atoms with Crippen LogP contribution in [0.4, 0.5) is 9.52 Å². The van der Waals surface area contributed by atoms with Gasteiger partial charge >= 0.3 is 0 Å². The van der Waals surface area contributed by atoms with E-state index >= 15 is 0 Å². The molecule has 0 radical (unpaired) electrons. The minimum Gasteiger partial charge on any atom is -0.352 e. The summed E-state index contributed by atoms with van der Waals surface area (Å²) < 4.78 is 13.0. The van der Waals surface area contributed by atoms with Gasteiger partial charge in [-0.3, -0.25) is 9.59 Å². The highest BCUT2D eigenvalue weighted by Crippen LogP contribution is 2.34. The first-order valence-corrected chi connectivity index (χ1v) is 11.4. The maximum Gasteiger partial charge on any atom is 0.223 e. The molecule has 1 fully saturated rings.